The molecule has 6 nitrogen and oxygen atoms in total. The summed E-state index contributed by atoms with van der Waals surface area (Å²) in [5.41, 5.74) is 1.64. The molecule has 0 aliphatic heterocycles. The lowest BCUT2D eigenvalue weighted by molar-refractivity contribution is -0.120. The van der Waals surface area contributed by atoms with Crippen molar-refractivity contribution in [3.05, 3.63) is 60.2 Å². The van der Waals surface area contributed by atoms with Gasteiger partial charge in [0.2, 0.25) is 15.9 Å². The molecule has 2 aromatic rings. The van der Waals surface area contributed by atoms with Crippen molar-refractivity contribution in [1.82, 2.24) is 4.90 Å². The van der Waals surface area contributed by atoms with Crippen molar-refractivity contribution in [3.8, 4) is 0 Å². The van der Waals surface area contributed by atoms with Crippen LogP contribution in [0.4, 0.5) is 5.69 Å². The van der Waals surface area contributed by atoms with Gasteiger partial charge in [-0.15, -0.1) is 0 Å². The molecule has 2 aromatic carbocycles. The average molecular weight is 347 g/mol. The summed E-state index contributed by atoms with van der Waals surface area (Å²) in [5.74, 6) is -0.170. The molecule has 0 aliphatic carbocycles. The summed E-state index contributed by atoms with van der Waals surface area (Å²) < 4.78 is 22.4. The maximum atomic E-state index is 12.3. The molecule has 2 rings (SSSR count). The number of likely N-dealkylation sites (N-methyl/N-ethyl adjacent to an activating group) is 1. The molecule has 0 bridgehead atoms. The van der Waals surface area contributed by atoms with Crippen LogP contribution >= 0.6 is 0 Å². The van der Waals surface area contributed by atoms with Gasteiger partial charge in [0.05, 0.1) is 10.9 Å². The molecule has 0 heterocycles. The Kier molecular flexibility index (Phi) is 5.71. The Labute approximate surface area is 142 Å². The van der Waals surface area contributed by atoms with Gasteiger partial charge >= 0.3 is 0 Å². The molecule has 0 aliphatic rings. The van der Waals surface area contributed by atoms with Crippen molar-refractivity contribution in [2.45, 2.75) is 24.4 Å². The van der Waals surface area contributed by atoms with Gasteiger partial charge in [-0.25, -0.2) is 13.6 Å². The number of nitrogens with two attached hydrogens (primary N) is 1. The van der Waals surface area contributed by atoms with Gasteiger partial charge in [0.25, 0.3) is 0 Å². The molecule has 1 amide bonds. The van der Waals surface area contributed by atoms with E-state index in [1.807, 2.05) is 49.2 Å². The van der Waals surface area contributed by atoms with Crippen molar-refractivity contribution >= 4 is 21.6 Å². The SMILES string of the molecule is C[C@@H](C(=O)Nc1ccc(S(N)(=O)=O)cc1)N(C)Cc1ccccc1. The third-order valence-electron chi connectivity index (χ3n) is 3.77. The number of hydrogen-bond acceptors (Lipinski definition) is 4. The van der Waals surface area contributed by atoms with E-state index in [-0.39, 0.29) is 16.8 Å². The first-order chi connectivity index (χ1) is 11.3. The lowest BCUT2D eigenvalue weighted by atomic mass is 10.2. The standard InChI is InChI=1S/C17H21N3O3S/c1-13(20(2)12-14-6-4-3-5-7-14)17(21)19-15-8-10-16(11-9-15)24(18,22)23/h3-11,13H,12H2,1-2H3,(H,19,21)(H2,18,22,23)/t13-/m0/s1. The molecule has 0 saturated heterocycles. The van der Waals surface area contributed by atoms with Gasteiger partial charge in [-0.05, 0) is 43.8 Å². The minimum atomic E-state index is -3.73. The summed E-state index contributed by atoms with van der Waals surface area (Å²) in [6.07, 6.45) is 0. The second kappa shape index (κ2) is 7.57. The molecule has 0 fully saturated rings. The summed E-state index contributed by atoms with van der Waals surface area (Å²) in [6.45, 7) is 2.47. The number of primary sulfonamides is 1. The van der Waals surface area contributed by atoms with Crippen molar-refractivity contribution in [3.63, 3.8) is 0 Å². The Morgan fingerprint density at radius 3 is 2.25 bits per heavy atom. The van der Waals surface area contributed by atoms with Crippen molar-refractivity contribution in [2.75, 3.05) is 12.4 Å². The van der Waals surface area contributed by atoms with Crippen LogP contribution in [0.2, 0.25) is 0 Å². The molecule has 0 spiro atoms. The van der Waals surface area contributed by atoms with Crippen LogP contribution in [0.5, 0.6) is 0 Å². The molecule has 0 radical (unpaired) electrons. The van der Waals surface area contributed by atoms with Gasteiger partial charge in [-0.3, -0.25) is 9.69 Å². The molecule has 0 unspecified atom stereocenters. The quantitative estimate of drug-likeness (QED) is 0.833. The summed E-state index contributed by atoms with van der Waals surface area (Å²) in [6, 6.07) is 15.3. The molecule has 7 heteroatoms. The van der Waals surface area contributed by atoms with Gasteiger partial charge in [0.15, 0.2) is 0 Å². The zero-order chi connectivity index (χ0) is 17.7. The summed E-state index contributed by atoms with van der Waals surface area (Å²) >= 11 is 0. The molecule has 24 heavy (non-hydrogen) atoms. The summed E-state index contributed by atoms with van der Waals surface area (Å²) in [4.78, 5) is 14.3. The third kappa shape index (κ3) is 4.89. The summed E-state index contributed by atoms with van der Waals surface area (Å²) in [7, 11) is -1.86. The van der Waals surface area contributed by atoms with Crippen molar-refractivity contribution in [1.29, 1.82) is 0 Å². The van der Waals surface area contributed by atoms with Crippen LogP contribution in [0, 0.1) is 0 Å². The first kappa shape index (κ1) is 18.1. The highest BCUT2D eigenvalue weighted by atomic mass is 32.2. The first-order valence-corrected chi connectivity index (χ1v) is 9.00. The van der Waals surface area contributed by atoms with Crippen molar-refractivity contribution in [2.24, 2.45) is 5.14 Å². The molecule has 1 atom stereocenters. The normalized spacial score (nSPS) is 12.8. The molecular formula is C17H21N3O3S. The largest absolute Gasteiger partial charge is 0.325 e. The Morgan fingerprint density at radius 1 is 1.12 bits per heavy atom. The minimum absolute atomic E-state index is 0.00902. The zero-order valence-corrected chi connectivity index (χ0v) is 14.5. The number of nitrogens with zero attached hydrogens (tertiary/aromatic N) is 1. The highest BCUT2D eigenvalue weighted by Crippen LogP contribution is 2.14. The number of carbonyl (C=O) groups is 1. The monoisotopic (exact) mass is 347 g/mol. The maximum absolute atomic E-state index is 12.3. The van der Waals surface area contributed by atoms with E-state index in [1.54, 1.807) is 0 Å². The number of amides is 1. The van der Waals surface area contributed by atoms with E-state index in [4.69, 9.17) is 5.14 Å². The Morgan fingerprint density at radius 2 is 1.71 bits per heavy atom. The number of anilines is 1. The smallest absolute Gasteiger partial charge is 0.241 e. The van der Waals surface area contributed by atoms with Crippen LogP contribution < -0.4 is 10.5 Å². The number of hydrogen-bond donors (Lipinski definition) is 2. The average Bonchev–Trinajstić information content (AvgIpc) is 2.54. The van der Waals surface area contributed by atoms with Gasteiger partial charge in [-0.1, -0.05) is 30.3 Å². The van der Waals surface area contributed by atoms with Crippen LogP contribution in [-0.2, 0) is 21.4 Å². The van der Waals surface area contributed by atoms with E-state index in [1.165, 1.54) is 24.3 Å². The van der Waals surface area contributed by atoms with Crippen LogP contribution in [0.15, 0.2) is 59.5 Å². The van der Waals surface area contributed by atoms with E-state index < -0.39 is 10.0 Å². The summed E-state index contributed by atoms with van der Waals surface area (Å²) in [5, 5.41) is 7.82. The molecule has 0 saturated carbocycles. The maximum Gasteiger partial charge on any atom is 0.241 e. The van der Waals surface area contributed by atoms with Crippen LogP contribution in [0.3, 0.4) is 0 Å². The molecule has 0 aromatic heterocycles. The van der Waals surface area contributed by atoms with Crippen LogP contribution in [0.25, 0.3) is 0 Å². The second-order valence-corrected chi connectivity index (χ2v) is 7.20. The fourth-order valence-corrected chi connectivity index (χ4v) is 2.70. The Bertz CT molecular complexity index is 790. The van der Waals surface area contributed by atoms with Gasteiger partial charge in [-0.2, -0.15) is 0 Å². The van der Waals surface area contributed by atoms with Crippen molar-refractivity contribution < 1.29 is 13.2 Å². The van der Waals surface area contributed by atoms with E-state index in [2.05, 4.69) is 5.32 Å². The minimum Gasteiger partial charge on any atom is -0.325 e. The first-order valence-electron chi connectivity index (χ1n) is 7.45. The predicted octanol–water partition coefficient (Wildman–Crippen LogP) is 1.79. The van der Waals surface area contributed by atoms with E-state index >= 15 is 0 Å². The molecular weight excluding hydrogens is 326 g/mol. The van der Waals surface area contributed by atoms with Gasteiger partial charge in [0, 0.05) is 12.2 Å². The number of nitrogens with one attached hydrogen (secondary N) is 1. The van der Waals surface area contributed by atoms with E-state index in [9.17, 15) is 13.2 Å². The van der Waals surface area contributed by atoms with E-state index in [0.29, 0.717) is 12.2 Å². The highest BCUT2D eigenvalue weighted by Gasteiger charge is 2.18. The second-order valence-electron chi connectivity index (χ2n) is 5.64. The lowest BCUT2D eigenvalue weighted by Gasteiger charge is -2.24. The van der Waals surface area contributed by atoms with Crippen LogP contribution in [-0.4, -0.2) is 32.3 Å². The highest BCUT2D eigenvalue weighted by molar-refractivity contribution is 7.89. The zero-order valence-electron chi connectivity index (χ0n) is 13.6. The number of rotatable bonds is 6. The molecule has 128 valence electrons. The third-order valence-corrected chi connectivity index (χ3v) is 4.70. The predicted molar refractivity (Wildman–Crippen MR) is 93.8 cm³/mol. The number of benzene rings is 2. The van der Waals surface area contributed by atoms with E-state index in [0.717, 1.165) is 5.56 Å². The number of sulfonamides is 1. The van der Waals surface area contributed by atoms with Crippen LogP contribution in [0.1, 0.15) is 12.5 Å². The van der Waals surface area contributed by atoms with Gasteiger partial charge in [0.1, 0.15) is 0 Å². The fourth-order valence-electron chi connectivity index (χ4n) is 2.18. The number of carbonyl (C=O) groups excluding carboxylic acids is 1. The lowest BCUT2D eigenvalue weighted by Crippen LogP contribution is -2.39. The topological polar surface area (TPSA) is 92.5 Å². The Balaban J connectivity index is 1.98. The fraction of sp³-hybridized carbons (Fsp3) is 0.235. The van der Waals surface area contributed by atoms with Gasteiger partial charge < -0.3 is 5.32 Å². The molecule has 3 N–H and O–H groups in total. The Hall–Kier alpha value is -2.22.